The Balaban J connectivity index is 2.02. The minimum Gasteiger partial charge on any atom is -0.382 e. The molecule has 2 N–H and O–H groups in total. The fourth-order valence-corrected chi connectivity index (χ4v) is 2.67. The lowest BCUT2D eigenvalue weighted by atomic mass is 10.3. The summed E-state index contributed by atoms with van der Waals surface area (Å²) in [4.78, 5) is 13.6. The van der Waals surface area contributed by atoms with Gasteiger partial charge in [0.1, 0.15) is 5.82 Å². The molecule has 0 saturated carbocycles. The van der Waals surface area contributed by atoms with E-state index in [1.165, 1.54) is 16.4 Å². The summed E-state index contributed by atoms with van der Waals surface area (Å²) in [6, 6.07) is 3.01. The Morgan fingerprint density at radius 1 is 1.21 bits per heavy atom. The lowest BCUT2D eigenvalue weighted by molar-refractivity contribution is 0.0691. The lowest BCUT2D eigenvalue weighted by Crippen LogP contribution is -2.50. The molecule has 1 amide bonds. The van der Waals surface area contributed by atoms with Gasteiger partial charge in [0, 0.05) is 26.2 Å². The van der Waals surface area contributed by atoms with Crippen LogP contribution in [0.5, 0.6) is 0 Å². The Bertz CT molecular complexity index is 563. The molecule has 1 saturated heterocycles. The van der Waals surface area contributed by atoms with Gasteiger partial charge in [-0.3, -0.25) is 4.79 Å². The SMILES string of the molecule is CS(=O)(=O)N1CCN(C(=O)c2ccc(N)nn2)CC1. The van der Waals surface area contributed by atoms with Gasteiger partial charge in [0.05, 0.1) is 6.26 Å². The maximum absolute atomic E-state index is 12.1. The summed E-state index contributed by atoms with van der Waals surface area (Å²) in [7, 11) is -3.19. The summed E-state index contributed by atoms with van der Waals surface area (Å²) < 4.78 is 24.1. The van der Waals surface area contributed by atoms with Crippen molar-refractivity contribution in [3.8, 4) is 0 Å². The van der Waals surface area contributed by atoms with E-state index in [9.17, 15) is 13.2 Å². The van der Waals surface area contributed by atoms with E-state index < -0.39 is 10.0 Å². The van der Waals surface area contributed by atoms with Gasteiger partial charge in [0.15, 0.2) is 5.69 Å². The van der Waals surface area contributed by atoms with Crippen LogP contribution in [0.25, 0.3) is 0 Å². The molecule has 1 fully saturated rings. The van der Waals surface area contributed by atoms with E-state index in [1.54, 1.807) is 4.90 Å². The highest BCUT2D eigenvalue weighted by Crippen LogP contribution is 2.09. The topological polar surface area (TPSA) is 109 Å². The van der Waals surface area contributed by atoms with Crippen LogP contribution in [0.2, 0.25) is 0 Å². The number of nitrogen functional groups attached to an aromatic ring is 1. The summed E-state index contributed by atoms with van der Waals surface area (Å²) in [5, 5.41) is 7.35. The molecule has 9 heteroatoms. The number of hydrogen-bond donors (Lipinski definition) is 1. The fourth-order valence-electron chi connectivity index (χ4n) is 1.84. The number of hydrogen-bond acceptors (Lipinski definition) is 6. The van der Waals surface area contributed by atoms with E-state index in [1.807, 2.05) is 0 Å². The maximum Gasteiger partial charge on any atom is 0.274 e. The standard InChI is InChI=1S/C10H15N5O3S/c1-19(17,18)15-6-4-14(5-7-15)10(16)8-2-3-9(11)13-12-8/h2-3H,4-7H2,1H3,(H2,11,13). The van der Waals surface area contributed by atoms with Gasteiger partial charge in [0.25, 0.3) is 5.91 Å². The second-order valence-electron chi connectivity index (χ2n) is 4.30. The molecular formula is C10H15N5O3S. The van der Waals surface area contributed by atoms with Gasteiger partial charge in [-0.05, 0) is 12.1 Å². The van der Waals surface area contributed by atoms with Crippen molar-refractivity contribution < 1.29 is 13.2 Å². The molecule has 0 atom stereocenters. The second kappa shape index (κ2) is 5.10. The summed E-state index contributed by atoms with van der Waals surface area (Å²) in [5.74, 6) is -0.0147. The van der Waals surface area contributed by atoms with E-state index in [0.717, 1.165) is 6.26 Å². The molecule has 1 aromatic heterocycles. The molecule has 19 heavy (non-hydrogen) atoms. The molecule has 0 bridgehead atoms. The zero-order valence-corrected chi connectivity index (χ0v) is 11.3. The summed E-state index contributed by atoms with van der Waals surface area (Å²) in [6.07, 6.45) is 1.16. The third-order valence-corrected chi connectivity index (χ3v) is 4.20. The zero-order valence-electron chi connectivity index (χ0n) is 10.5. The highest BCUT2D eigenvalue weighted by molar-refractivity contribution is 7.88. The fraction of sp³-hybridized carbons (Fsp3) is 0.500. The van der Waals surface area contributed by atoms with Gasteiger partial charge in [-0.25, -0.2) is 8.42 Å². The lowest BCUT2D eigenvalue weighted by Gasteiger charge is -2.32. The van der Waals surface area contributed by atoms with Crippen LogP contribution in [0.1, 0.15) is 10.5 Å². The third-order valence-electron chi connectivity index (χ3n) is 2.90. The predicted molar refractivity (Wildman–Crippen MR) is 68.8 cm³/mol. The molecule has 2 rings (SSSR count). The molecule has 0 unspecified atom stereocenters. The van der Waals surface area contributed by atoms with Crippen LogP contribution < -0.4 is 5.73 Å². The number of sulfonamides is 1. The molecule has 0 aromatic carbocycles. The van der Waals surface area contributed by atoms with Crippen LogP contribution in [0.15, 0.2) is 12.1 Å². The van der Waals surface area contributed by atoms with E-state index in [2.05, 4.69) is 10.2 Å². The number of rotatable bonds is 2. The summed E-state index contributed by atoms with van der Waals surface area (Å²) in [6.45, 7) is 1.29. The van der Waals surface area contributed by atoms with Crippen molar-refractivity contribution in [2.24, 2.45) is 0 Å². The van der Waals surface area contributed by atoms with Crippen LogP contribution >= 0.6 is 0 Å². The number of carbonyl (C=O) groups excluding carboxylic acids is 1. The van der Waals surface area contributed by atoms with Crippen molar-refractivity contribution in [3.05, 3.63) is 17.8 Å². The van der Waals surface area contributed by atoms with Crippen molar-refractivity contribution in [3.63, 3.8) is 0 Å². The van der Waals surface area contributed by atoms with E-state index in [-0.39, 0.29) is 17.4 Å². The van der Waals surface area contributed by atoms with Crippen molar-refractivity contribution in [2.75, 3.05) is 38.2 Å². The molecule has 104 valence electrons. The average Bonchev–Trinajstić information content (AvgIpc) is 2.38. The number of nitrogens with zero attached hydrogens (tertiary/aromatic N) is 4. The molecule has 2 heterocycles. The van der Waals surface area contributed by atoms with Crippen molar-refractivity contribution in [2.45, 2.75) is 0 Å². The van der Waals surface area contributed by atoms with Gasteiger partial charge in [-0.1, -0.05) is 0 Å². The van der Waals surface area contributed by atoms with Gasteiger partial charge < -0.3 is 10.6 Å². The first-order valence-electron chi connectivity index (χ1n) is 5.71. The number of aromatic nitrogens is 2. The molecule has 0 radical (unpaired) electrons. The van der Waals surface area contributed by atoms with Crippen LogP contribution in [0.3, 0.4) is 0 Å². The first-order chi connectivity index (χ1) is 8.88. The Morgan fingerprint density at radius 3 is 2.32 bits per heavy atom. The Kier molecular flexibility index (Phi) is 3.67. The van der Waals surface area contributed by atoms with Crippen LogP contribution in [0.4, 0.5) is 5.82 Å². The first kappa shape index (κ1) is 13.7. The van der Waals surface area contributed by atoms with E-state index in [4.69, 9.17) is 5.73 Å². The number of piperazine rings is 1. The molecule has 1 aliphatic heterocycles. The minimum atomic E-state index is -3.19. The minimum absolute atomic E-state index is 0.210. The smallest absolute Gasteiger partial charge is 0.274 e. The second-order valence-corrected chi connectivity index (χ2v) is 6.28. The van der Waals surface area contributed by atoms with Gasteiger partial charge in [-0.2, -0.15) is 4.31 Å². The molecule has 8 nitrogen and oxygen atoms in total. The van der Waals surface area contributed by atoms with Crippen molar-refractivity contribution in [1.82, 2.24) is 19.4 Å². The van der Waals surface area contributed by atoms with Crippen LogP contribution in [-0.2, 0) is 10.0 Å². The largest absolute Gasteiger partial charge is 0.382 e. The van der Waals surface area contributed by atoms with Gasteiger partial charge in [0.2, 0.25) is 10.0 Å². The maximum atomic E-state index is 12.1. The number of carbonyl (C=O) groups is 1. The predicted octanol–water partition coefficient (Wildman–Crippen LogP) is -1.22. The highest BCUT2D eigenvalue weighted by atomic mass is 32.2. The van der Waals surface area contributed by atoms with Crippen molar-refractivity contribution in [1.29, 1.82) is 0 Å². The molecular weight excluding hydrogens is 270 g/mol. The van der Waals surface area contributed by atoms with Crippen molar-refractivity contribution >= 4 is 21.7 Å². The van der Waals surface area contributed by atoms with Crippen LogP contribution in [0, 0.1) is 0 Å². The number of anilines is 1. The van der Waals surface area contributed by atoms with E-state index >= 15 is 0 Å². The Hall–Kier alpha value is -1.74. The quantitative estimate of drug-likeness (QED) is 0.729. The Labute approximate surface area is 111 Å². The monoisotopic (exact) mass is 285 g/mol. The van der Waals surface area contributed by atoms with Crippen LogP contribution in [-0.4, -0.2) is 66.2 Å². The third kappa shape index (κ3) is 3.18. The number of amides is 1. The number of nitrogens with two attached hydrogens (primary N) is 1. The normalized spacial score (nSPS) is 17.4. The first-order valence-corrected chi connectivity index (χ1v) is 7.56. The molecule has 1 aliphatic rings. The molecule has 1 aromatic rings. The average molecular weight is 285 g/mol. The zero-order chi connectivity index (χ0) is 14.0. The van der Waals surface area contributed by atoms with E-state index in [0.29, 0.717) is 26.2 Å². The Morgan fingerprint density at radius 2 is 1.84 bits per heavy atom. The summed E-state index contributed by atoms with van der Waals surface area (Å²) >= 11 is 0. The van der Waals surface area contributed by atoms with Gasteiger partial charge >= 0.3 is 0 Å². The molecule has 0 aliphatic carbocycles. The molecule has 0 spiro atoms. The summed E-state index contributed by atoms with van der Waals surface area (Å²) in [5.41, 5.74) is 5.61. The highest BCUT2D eigenvalue weighted by Gasteiger charge is 2.27. The van der Waals surface area contributed by atoms with Gasteiger partial charge in [-0.15, -0.1) is 10.2 Å².